The van der Waals surface area contributed by atoms with Crippen molar-refractivity contribution in [1.82, 2.24) is 0 Å². The Hall–Kier alpha value is -1.35. The summed E-state index contributed by atoms with van der Waals surface area (Å²) in [5, 5.41) is 7.53. The van der Waals surface area contributed by atoms with Crippen molar-refractivity contribution in [2.75, 3.05) is 6.61 Å². The molecular formula is C11H14ClNO2. The molecule has 0 spiro atoms. The Morgan fingerprint density at radius 2 is 2.00 bits per heavy atom. The zero-order valence-corrected chi connectivity index (χ0v) is 9.56. The highest BCUT2D eigenvalue weighted by Gasteiger charge is 2.04. The first kappa shape index (κ1) is 13.7. The van der Waals surface area contributed by atoms with Crippen molar-refractivity contribution >= 4 is 24.1 Å². The van der Waals surface area contributed by atoms with Gasteiger partial charge in [0.1, 0.15) is 0 Å². The van der Waals surface area contributed by atoms with Gasteiger partial charge in [0, 0.05) is 11.1 Å². The van der Waals surface area contributed by atoms with Crippen molar-refractivity contribution in [3.05, 3.63) is 35.4 Å². The molecule has 0 aliphatic carbocycles. The predicted molar refractivity (Wildman–Crippen MR) is 62.1 cm³/mol. The van der Waals surface area contributed by atoms with E-state index in [2.05, 4.69) is 0 Å². The normalized spacial score (nSPS) is 8.93. The van der Waals surface area contributed by atoms with Crippen LogP contribution in [0.1, 0.15) is 29.8 Å². The highest BCUT2D eigenvalue weighted by molar-refractivity contribution is 5.98. The fourth-order valence-electron chi connectivity index (χ4n) is 1.11. The molecule has 0 radical (unpaired) electrons. The Balaban J connectivity index is 0.00000196. The molecule has 1 aromatic rings. The summed E-state index contributed by atoms with van der Waals surface area (Å²) in [6, 6.07) is 6.90. The molecule has 15 heavy (non-hydrogen) atoms. The summed E-state index contributed by atoms with van der Waals surface area (Å²) in [6.07, 6.45) is 0. The number of hydrogen-bond donors (Lipinski definition) is 1. The topological polar surface area (TPSA) is 50.1 Å². The van der Waals surface area contributed by atoms with Crippen molar-refractivity contribution in [3.8, 4) is 0 Å². The summed E-state index contributed by atoms with van der Waals surface area (Å²) in [5.41, 5.74) is 1.24. The Bertz CT molecular complexity index is 363. The Morgan fingerprint density at radius 1 is 1.40 bits per heavy atom. The molecule has 82 valence electrons. The minimum Gasteiger partial charge on any atom is -0.478 e. The molecule has 0 heterocycles. The van der Waals surface area contributed by atoms with E-state index in [0.717, 1.165) is 0 Å². The number of carbonyl (C=O) groups is 1. The van der Waals surface area contributed by atoms with E-state index in [1.807, 2.05) is 6.92 Å². The molecule has 1 N–H and O–H groups in total. The van der Waals surface area contributed by atoms with E-state index in [0.29, 0.717) is 17.7 Å². The van der Waals surface area contributed by atoms with Crippen molar-refractivity contribution in [3.63, 3.8) is 0 Å². The van der Waals surface area contributed by atoms with E-state index in [-0.39, 0.29) is 24.1 Å². The van der Waals surface area contributed by atoms with E-state index in [1.165, 1.54) is 6.92 Å². The first-order valence-electron chi connectivity index (χ1n) is 4.48. The van der Waals surface area contributed by atoms with Crippen molar-refractivity contribution in [2.24, 2.45) is 0 Å². The van der Waals surface area contributed by atoms with Gasteiger partial charge in [0.25, 0.3) is 0 Å². The quantitative estimate of drug-likeness (QED) is 0.490. The van der Waals surface area contributed by atoms with Crippen LogP contribution < -0.4 is 0 Å². The fraction of sp³-hybridized carbons (Fsp3) is 0.273. The number of carbonyl (C=O) groups excluding carboxylic acids is 1. The maximum absolute atomic E-state index is 11.1. The van der Waals surface area contributed by atoms with Gasteiger partial charge in [-0.1, -0.05) is 12.1 Å². The van der Waals surface area contributed by atoms with Crippen LogP contribution in [-0.2, 0) is 4.74 Å². The first-order chi connectivity index (χ1) is 6.65. The maximum Gasteiger partial charge on any atom is 0.213 e. The van der Waals surface area contributed by atoms with Crippen LogP contribution in [0, 0.1) is 5.41 Å². The third-order valence-corrected chi connectivity index (χ3v) is 1.82. The van der Waals surface area contributed by atoms with Crippen LogP contribution in [-0.4, -0.2) is 18.3 Å². The average Bonchev–Trinajstić information content (AvgIpc) is 2.18. The van der Waals surface area contributed by atoms with Gasteiger partial charge in [-0.2, -0.15) is 0 Å². The SMILES string of the molecule is CCOC(=N)c1cccc(C(C)=O)c1.Cl. The molecule has 0 aliphatic heterocycles. The second kappa shape index (κ2) is 6.19. The van der Waals surface area contributed by atoms with E-state index >= 15 is 0 Å². The van der Waals surface area contributed by atoms with E-state index in [9.17, 15) is 4.79 Å². The molecule has 0 saturated heterocycles. The molecule has 0 unspecified atom stereocenters. The van der Waals surface area contributed by atoms with Gasteiger partial charge in [0.2, 0.25) is 5.90 Å². The minimum absolute atomic E-state index is 0. The van der Waals surface area contributed by atoms with Crippen LogP contribution in [0.15, 0.2) is 24.3 Å². The van der Waals surface area contributed by atoms with Gasteiger partial charge in [0.05, 0.1) is 6.61 Å². The van der Waals surface area contributed by atoms with Crippen molar-refractivity contribution in [2.45, 2.75) is 13.8 Å². The molecule has 1 rings (SSSR count). The van der Waals surface area contributed by atoms with E-state index in [4.69, 9.17) is 10.1 Å². The molecule has 0 aliphatic rings. The van der Waals surface area contributed by atoms with Crippen LogP contribution in [0.25, 0.3) is 0 Å². The number of halogens is 1. The lowest BCUT2D eigenvalue weighted by molar-refractivity contribution is 0.101. The van der Waals surface area contributed by atoms with Crippen LogP contribution in [0.2, 0.25) is 0 Å². The summed E-state index contributed by atoms with van der Waals surface area (Å²) in [6.45, 7) is 3.79. The third kappa shape index (κ3) is 3.72. The molecule has 0 atom stereocenters. The molecular weight excluding hydrogens is 214 g/mol. The summed E-state index contributed by atoms with van der Waals surface area (Å²) in [5.74, 6) is 0.103. The monoisotopic (exact) mass is 227 g/mol. The predicted octanol–water partition coefficient (Wildman–Crippen LogP) is 2.67. The molecule has 0 aromatic heterocycles. The van der Waals surface area contributed by atoms with Crippen LogP contribution >= 0.6 is 12.4 Å². The molecule has 1 aromatic carbocycles. The van der Waals surface area contributed by atoms with Gasteiger partial charge in [0.15, 0.2) is 5.78 Å². The van der Waals surface area contributed by atoms with Crippen LogP contribution in [0.4, 0.5) is 0 Å². The van der Waals surface area contributed by atoms with Gasteiger partial charge in [-0.05, 0) is 26.0 Å². The van der Waals surface area contributed by atoms with Gasteiger partial charge >= 0.3 is 0 Å². The van der Waals surface area contributed by atoms with Crippen molar-refractivity contribution < 1.29 is 9.53 Å². The average molecular weight is 228 g/mol. The lowest BCUT2D eigenvalue weighted by atomic mass is 10.1. The number of ether oxygens (including phenoxy) is 1. The molecule has 0 bridgehead atoms. The lowest BCUT2D eigenvalue weighted by Gasteiger charge is -2.05. The number of benzene rings is 1. The fourth-order valence-corrected chi connectivity index (χ4v) is 1.11. The van der Waals surface area contributed by atoms with Gasteiger partial charge in [-0.3, -0.25) is 10.2 Å². The highest BCUT2D eigenvalue weighted by atomic mass is 35.5. The largest absolute Gasteiger partial charge is 0.478 e. The summed E-state index contributed by atoms with van der Waals surface area (Å²) in [4.78, 5) is 11.1. The zero-order chi connectivity index (χ0) is 10.6. The van der Waals surface area contributed by atoms with Crippen molar-refractivity contribution in [1.29, 1.82) is 5.41 Å². The minimum atomic E-state index is -0.00357. The first-order valence-corrected chi connectivity index (χ1v) is 4.48. The lowest BCUT2D eigenvalue weighted by Crippen LogP contribution is -2.05. The van der Waals surface area contributed by atoms with Crippen LogP contribution in [0.3, 0.4) is 0 Å². The summed E-state index contributed by atoms with van der Waals surface area (Å²) >= 11 is 0. The smallest absolute Gasteiger partial charge is 0.213 e. The Kier molecular flexibility index (Phi) is 5.64. The number of rotatable bonds is 3. The third-order valence-electron chi connectivity index (χ3n) is 1.82. The zero-order valence-electron chi connectivity index (χ0n) is 8.74. The molecule has 3 nitrogen and oxygen atoms in total. The number of ketones is 1. The number of nitrogens with one attached hydrogen (secondary N) is 1. The summed E-state index contributed by atoms with van der Waals surface area (Å²) in [7, 11) is 0. The number of hydrogen-bond acceptors (Lipinski definition) is 3. The van der Waals surface area contributed by atoms with E-state index < -0.39 is 0 Å². The second-order valence-electron chi connectivity index (χ2n) is 2.90. The highest BCUT2D eigenvalue weighted by Crippen LogP contribution is 2.07. The standard InChI is InChI=1S/C11H13NO2.ClH/c1-3-14-11(12)10-6-4-5-9(7-10)8(2)13;/h4-7,12H,3H2,1-2H3;1H. The second-order valence-corrected chi connectivity index (χ2v) is 2.90. The van der Waals surface area contributed by atoms with Gasteiger partial charge in [-0.15, -0.1) is 12.4 Å². The van der Waals surface area contributed by atoms with Crippen LogP contribution in [0.5, 0.6) is 0 Å². The molecule has 0 saturated carbocycles. The summed E-state index contributed by atoms with van der Waals surface area (Å²) < 4.78 is 5.03. The Morgan fingerprint density at radius 3 is 2.53 bits per heavy atom. The molecule has 0 fully saturated rings. The Labute approximate surface area is 95.4 Å². The number of Topliss-reactive ketones (excluding diaryl/α,β-unsaturated/α-hetero) is 1. The van der Waals surface area contributed by atoms with Gasteiger partial charge in [-0.25, -0.2) is 0 Å². The molecule has 4 heteroatoms. The van der Waals surface area contributed by atoms with Gasteiger partial charge < -0.3 is 4.74 Å². The van der Waals surface area contributed by atoms with E-state index in [1.54, 1.807) is 24.3 Å². The maximum atomic E-state index is 11.1. The molecule has 0 amide bonds.